The molecule has 0 aliphatic carbocycles. The number of pyridine rings is 1. The molecule has 248 valence electrons. The molecule has 8 nitrogen and oxygen atoms in total. The number of rotatable bonds is 10. The zero-order chi connectivity index (χ0) is 34.5. The van der Waals surface area contributed by atoms with Crippen LogP contribution in [0, 0.1) is 0 Å². The summed E-state index contributed by atoms with van der Waals surface area (Å²) in [4.78, 5) is 42.3. The van der Waals surface area contributed by atoms with Gasteiger partial charge in [-0.15, -0.1) is 0 Å². The van der Waals surface area contributed by atoms with E-state index in [4.69, 9.17) is 11.6 Å². The highest BCUT2D eigenvalue weighted by atomic mass is 35.5. The molecular weight excluding hydrogens is 658 g/mol. The lowest BCUT2D eigenvalue weighted by Gasteiger charge is -2.26. The van der Waals surface area contributed by atoms with Crippen LogP contribution in [0.1, 0.15) is 42.1 Å². The molecule has 0 fully saturated rings. The van der Waals surface area contributed by atoms with E-state index in [1.807, 2.05) is 24.3 Å². The van der Waals surface area contributed by atoms with Crippen molar-refractivity contribution in [3.05, 3.63) is 148 Å². The molecule has 1 heterocycles. The second kappa shape index (κ2) is 14.5. The zero-order valence-corrected chi connectivity index (χ0v) is 28.4. The van der Waals surface area contributed by atoms with Crippen molar-refractivity contribution in [1.29, 1.82) is 0 Å². The highest BCUT2D eigenvalue weighted by molar-refractivity contribution is 7.90. The molecule has 10 heteroatoms. The number of carbonyl (C=O) groups is 2. The first kappa shape index (κ1) is 33.6. The Balaban J connectivity index is 1.31. The lowest BCUT2D eigenvalue weighted by Crippen LogP contribution is -2.36. The van der Waals surface area contributed by atoms with Gasteiger partial charge in [-0.1, -0.05) is 110 Å². The molecule has 0 atom stereocenters. The number of aromatic nitrogens is 1. The van der Waals surface area contributed by atoms with E-state index < -0.39 is 15.9 Å². The number of nitrogens with zero attached hydrogens (tertiary/aromatic N) is 2. The lowest BCUT2D eigenvalue weighted by atomic mass is 10.0. The van der Waals surface area contributed by atoms with E-state index in [1.165, 1.54) is 18.2 Å². The maximum Gasteiger partial charge on any atom is 0.329 e. The minimum absolute atomic E-state index is 0.0516. The van der Waals surface area contributed by atoms with Crippen molar-refractivity contribution in [3.63, 3.8) is 0 Å². The molecule has 6 rings (SSSR count). The van der Waals surface area contributed by atoms with Crippen LogP contribution in [-0.4, -0.2) is 36.4 Å². The number of hydrogen-bond donors (Lipinski definition) is 1. The zero-order valence-electron chi connectivity index (χ0n) is 26.8. The predicted molar refractivity (Wildman–Crippen MR) is 194 cm³/mol. The van der Waals surface area contributed by atoms with Gasteiger partial charge in [0.25, 0.3) is 15.9 Å². The van der Waals surface area contributed by atoms with Crippen molar-refractivity contribution in [2.45, 2.75) is 37.6 Å². The summed E-state index contributed by atoms with van der Waals surface area (Å²) < 4.78 is 30.6. The molecule has 0 aliphatic rings. The van der Waals surface area contributed by atoms with E-state index in [-0.39, 0.29) is 26.9 Å². The Labute approximate surface area is 289 Å². The van der Waals surface area contributed by atoms with Gasteiger partial charge in [-0.2, -0.15) is 0 Å². The molecule has 1 N–H and O–H groups in total. The minimum Gasteiger partial charge on any atom is -0.320 e. The van der Waals surface area contributed by atoms with E-state index in [2.05, 4.69) is 11.6 Å². The average molecular weight is 692 g/mol. The third-order valence-electron chi connectivity index (χ3n) is 8.43. The number of carbonyl (C=O) groups excluding carboxylic acids is 2. The fourth-order valence-electron chi connectivity index (χ4n) is 5.97. The van der Waals surface area contributed by atoms with Crippen LogP contribution in [0.25, 0.3) is 32.9 Å². The van der Waals surface area contributed by atoms with Crippen LogP contribution in [0.2, 0.25) is 5.02 Å². The van der Waals surface area contributed by atoms with Crippen molar-refractivity contribution in [2.24, 2.45) is 0 Å². The summed E-state index contributed by atoms with van der Waals surface area (Å²) in [7, 11) is -4.26. The number of hydrogen-bond acceptors (Lipinski definition) is 5. The Morgan fingerprint density at radius 2 is 1.35 bits per heavy atom. The highest BCUT2D eigenvalue weighted by Gasteiger charge is 2.24. The van der Waals surface area contributed by atoms with Crippen molar-refractivity contribution in [1.82, 2.24) is 14.2 Å². The first-order valence-electron chi connectivity index (χ1n) is 16.0. The number of unbranched alkanes of at least 4 members (excludes halogenated alkanes) is 2. The summed E-state index contributed by atoms with van der Waals surface area (Å²) in [6, 6.07) is 34.1. The van der Waals surface area contributed by atoms with E-state index in [9.17, 15) is 22.8 Å². The lowest BCUT2D eigenvalue weighted by molar-refractivity contribution is 0.0981. The van der Waals surface area contributed by atoms with E-state index in [0.717, 1.165) is 24.8 Å². The Hall–Kier alpha value is -5.25. The molecule has 6 aromatic rings. The highest BCUT2D eigenvalue weighted by Crippen LogP contribution is 2.29. The quantitative estimate of drug-likeness (QED) is 0.115. The molecule has 49 heavy (non-hydrogen) atoms. The van der Waals surface area contributed by atoms with Crippen LogP contribution < -0.4 is 10.2 Å². The van der Waals surface area contributed by atoms with Crippen molar-refractivity contribution >= 4 is 55.4 Å². The summed E-state index contributed by atoms with van der Waals surface area (Å²) in [6.45, 7) is 2.91. The Morgan fingerprint density at radius 3 is 2.00 bits per heavy atom. The van der Waals surface area contributed by atoms with Crippen molar-refractivity contribution < 1.29 is 18.0 Å². The molecular formula is C39H34ClN3O5S. The smallest absolute Gasteiger partial charge is 0.320 e. The average Bonchev–Trinajstić information content (AvgIpc) is 3.11. The molecule has 0 saturated heterocycles. The molecule has 0 saturated carbocycles. The van der Waals surface area contributed by atoms with Crippen LogP contribution >= 0.6 is 11.6 Å². The van der Waals surface area contributed by atoms with Crippen LogP contribution in [0.4, 0.5) is 4.79 Å². The van der Waals surface area contributed by atoms with Gasteiger partial charge >= 0.3 is 6.03 Å². The predicted octanol–water partition coefficient (Wildman–Crippen LogP) is 8.25. The van der Waals surface area contributed by atoms with Crippen LogP contribution in [0.15, 0.2) is 131 Å². The number of halogens is 1. The maximum absolute atomic E-state index is 14.4. The second-order valence-corrected chi connectivity index (χ2v) is 13.8. The maximum atomic E-state index is 14.4. The van der Waals surface area contributed by atoms with Crippen LogP contribution in [0.3, 0.4) is 0 Å². The number of amides is 2. The topological polar surface area (TPSA) is 106 Å². The van der Waals surface area contributed by atoms with E-state index in [0.29, 0.717) is 46.0 Å². The molecule has 2 amide bonds. The monoisotopic (exact) mass is 691 g/mol. The molecule has 5 aromatic carbocycles. The summed E-state index contributed by atoms with van der Waals surface area (Å²) >= 11 is 6.13. The number of nitrogens with one attached hydrogen (secondary N) is 1. The van der Waals surface area contributed by atoms with Gasteiger partial charge in [-0.25, -0.2) is 17.9 Å². The summed E-state index contributed by atoms with van der Waals surface area (Å²) in [5, 5.41) is 1.09. The molecule has 0 aliphatic heterocycles. The van der Waals surface area contributed by atoms with E-state index >= 15 is 0 Å². The van der Waals surface area contributed by atoms with Crippen LogP contribution in [0.5, 0.6) is 0 Å². The fourth-order valence-corrected chi connectivity index (χ4v) is 7.38. The van der Waals surface area contributed by atoms with Gasteiger partial charge in [0.05, 0.1) is 26.5 Å². The summed E-state index contributed by atoms with van der Waals surface area (Å²) in [5.74, 6) is -0.827. The Kier molecular flexibility index (Phi) is 9.94. The Bertz CT molecular complexity index is 2290. The molecule has 0 radical (unpaired) electrons. The normalized spacial score (nSPS) is 11.5. The standard InChI is InChI=1S/C39H34ClN3O5S/c1-2-3-12-25-42(39(46)43-34-18-9-5-15-31(34)37(44)32-16-6-10-19-35(32)43)26-27-21-23-28(24-22-27)29-13-7-11-20-36(29)49(47,48)41-38(45)30-14-4-8-17-33(30)40/h4-11,13-24H,2-3,12,25-26H2,1H3,(H,41,45). The summed E-state index contributed by atoms with van der Waals surface area (Å²) in [6.07, 6.45) is 2.75. The first-order chi connectivity index (χ1) is 23.7. The van der Waals surface area contributed by atoms with Gasteiger partial charge < -0.3 is 4.90 Å². The SMILES string of the molecule is CCCCCN(Cc1ccc(-c2ccccc2S(=O)(=O)NC(=O)c2ccccc2Cl)cc1)C(=O)n1c2ccccc2c(=O)c2ccccc21. The van der Waals surface area contributed by atoms with E-state index in [1.54, 1.807) is 88.3 Å². The fraction of sp³-hybridized carbons (Fsp3) is 0.154. The van der Waals surface area contributed by atoms with Gasteiger partial charge in [-0.3, -0.25) is 14.2 Å². The third-order valence-corrected chi connectivity index (χ3v) is 10.2. The first-order valence-corrected chi connectivity index (χ1v) is 17.9. The van der Waals surface area contributed by atoms with Gasteiger partial charge in [0.2, 0.25) is 0 Å². The molecule has 0 spiro atoms. The second-order valence-electron chi connectivity index (χ2n) is 11.7. The third kappa shape index (κ3) is 6.99. The van der Waals surface area contributed by atoms with Crippen molar-refractivity contribution in [3.8, 4) is 11.1 Å². The Morgan fingerprint density at radius 1 is 0.755 bits per heavy atom. The summed E-state index contributed by atoms with van der Waals surface area (Å²) in [5.41, 5.74) is 2.91. The number of benzene rings is 5. The molecule has 1 aromatic heterocycles. The van der Waals surface area contributed by atoms with Crippen molar-refractivity contribution in [2.75, 3.05) is 6.54 Å². The number of para-hydroxylation sites is 2. The van der Waals surface area contributed by atoms with Gasteiger partial charge in [0.1, 0.15) is 0 Å². The number of sulfonamides is 1. The number of fused-ring (bicyclic) bond motifs is 2. The van der Waals surface area contributed by atoms with Crippen LogP contribution in [-0.2, 0) is 16.6 Å². The van der Waals surface area contributed by atoms with Gasteiger partial charge in [0.15, 0.2) is 5.43 Å². The molecule has 0 unspecified atom stereocenters. The minimum atomic E-state index is -4.26. The largest absolute Gasteiger partial charge is 0.329 e. The van der Waals surface area contributed by atoms with Gasteiger partial charge in [0, 0.05) is 29.4 Å². The van der Waals surface area contributed by atoms with Gasteiger partial charge in [-0.05, 0) is 60.0 Å². The molecule has 0 bridgehead atoms.